The Balaban J connectivity index is 2.01. The monoisotopic (exact) mass is 507 g/mol. The number of anilines is 1. The van der Waals surface area contributed by atoms with Crippen LogP contribution in [-0.4, -0.2) is 45.2 Å². The highest BCUT2D eigenvalue weighted by Crippen LogP contribution is 2.39. The third-order valence-corrected chi connectivity index (χ3v) is 5.59. The van der Waals surface area contributed by atoms with Crippen LogP contribution in [0.15, 0.2) is 47.6 Å². The van der Waals surface area contributed by atoms with E-state index in [1.165, 1.54) is 18.5 Å². The van der Waals surface area contributed by atoms with E-state index in [2.05, 4.69) is 9.72 Å². The second kappa shape index (κ2) is 8.81. The molecule has 0 radical (unpaired) electrons. The van der Waals surface area contributed by atoms with Crippen molar-refractivity contribution in [3.8, 4) is 0 Å². The Bertz CT molecular complexity index is 1120. The van der Waals surface area contributed by atoms with Gasteiger partial charge in [0.1, 0.15) is 0 Å². The van der Waals surface area contributed by atoms with Crippen molar-refractivity contribution in [3.05, 3.63) is 53.9 Å². The number of nitrogens with zero attached hydrogens (tertiary/aromatic N) is 3. The number of imide groups is 1. The third-order valence-electron chi connectivity index (χ3n) is 4.85. The summed E-state index contributed by atoms with van der Waals surface area (Å²) in [5, 5.41) is 0. The number of hydrogen-bond acceptors (Lipinski definition) is 6. The molecule has 3 amide bonds. The second-order valence-electron chi connectivity index (χ2n) is 7.22. The van der Waals surface area contributed by atoms with Gasteiger partial charge in [0.2, 0.25) is 0 Å². The molecule has 0 spiro atoms. The molecule has 182 valence electrons. The van der Waals surface area contributed by atoms with Crippen molar-refractivity contribution in [2.24, 2.45) is 0 Å². The number of rotatable bonds is 5. The molecule has 0 N–H and O–H groups in total. The zero-order valence-corrected chi connectivity index (χ0v) is 18.2. The van der Waals surface area contributed by atoms with Gasteiger partial charge in [0.25, 0.3) is 5.72 Å². The highest BCUT2D eigenvalue weighted by molar-refractivity contribution is 8.00. The number of alkyl halides is 6. The number of hydrogen-bond donors (Lipinski definition) is 0. The molecule has 0 saturated carbocycles. The minimum atomic E-state index is -5.45. The van der Waals surface area contributed by atoms with Crippen LogP contribution in [0.4, 0.5) is 36.8 Å². The van der Waals surface area contributed by atoms with Crippen LogP contribution in [0.1, 0.15) is 18.1 Å². The van der Waals surface area contributed by atoms with Gasteiger partial charge in [-0.15, -0.1) is 0 Å². The summed E-state index contributed by atoms with van der Waals surface area (Å²) in [5.41, 5.74) is -6.53. The molecule has 0 bridgehead atoms. The zero-order chi connectivity index (χ0) is 25.5. The number of aromatic nitrogens is 1. The van der Waals surface area contributed by atoms with Gasteiger partial charge in [-0.2, -0.15) is 26.3 Å². The van der Waals surface area contributed by atoms with Crippen molar-refractivity contribution in [2.45, 2.75) is 42.7 Å². The van der Waals surface area contributed by atoms with E-state index in [0.29, 0.717) is 20.9 Å². The Morgan fingerprint density at radius 1 is 1.09 bits per heavy atom. The van der Waals surface area contributed by atoms with E-state index in [-0.39, 0.29) is 10.6 Å². The summed E-state index contributed by atoms with van der Waals surface area (Å²) in [6.07, 6.45) is -2.67. The number of urea groups is 1. The standard InChI is InChI=1S/C20H15F6N3O4S/c1-11-9-27-8-7-12(11)10-28-17(32)29(13-3-5-14(6-4-13)34-20(24,25)26)15(30)18(28,2)33-16(31)19(21,22)23/h3-9H,10H2,1-2H3/t18-/m0/s1. The average molecular weight is 507 g/mol. The lowest BCUT2D eigenvalue weighted by Gasteiger charge is -2.31. The van der Waals surface area contributed by atoms with Crippen LogP contribution in [0.2, 0.25) is 0 Å². The molecule has 1 aromatic heterocycles. The van der Waals surface area contributed by atoms with Gasteiger partial charge in [0.15, 0.2) is 0 Å². The van der Waals surface area contributed by atoms with Crippen LogP contribution in [-0.2, 0) is 20.9 Å². The fraction of sp³-hybridized carbons (Fsp3) is 0.300. The van der Waals surface area contributed by atoms with Gasteiger partial charge in [0.05, 0.1) is 12.2 Å². The summed E-state index contributed by atoms with van der Waals surface area (Å²) >= 11 is -0.431. The number of aryl methyl sites for hydroxylation is 1. The third kappa shape index (κ3) is 5.11. The molecule has 1 saturated heterocycles. The minimum Gasteiger partial charge on any atom is -0.423 e. The lowest BCUT2D eigenvalue weighted by molar-refractivity contribution is -0.221. The smallest absolute Gasteiger partial charge is 0.423 e. The molecular formula is C20H15F6N3O4S. The fourth-order valence-electron chi connectivity index (χ4n) is 3.14. The number of carbonyl (C=O) groups excluding carboxylic acids is 3. The van der Waals surface area contributed by atoms with Gasteiger partial charge in [-0.05, 0) is 60.1 Å². The van der Waals surface area contributed by atoms with Crippen LogP contribution >= 0.6 is 11.8 Å². The number of carbonyl (C=O) groups is 3. The van der Waals surface area contributed by atoms with E-state index >= 15 is 0 Å². The van der Waals surface area contributed by atoms with Gasteiger partial charge in [-0.25, -0.2) is 14.5 Å². The molecule has 2 aromatic rings. The first-order chi connectivity index (χ1) is 15.6. The predicted molar refractivity (Wildman–Crippen MR) is 106 cm³/mol. The summed E-state index contributed by atoms with van der Waals surface area (Å²) in [7, 11) is 0. The molecule has 1 aromatic carbocycles. The number of esters is 1. The summed E-state index contributed by atoms with van der Waals surface area (Å²) in [6.45, 7) is 2.03. The van der Waals surface area contributed by atoms with Gasteiger partial charge in [0, 0.05) is 24.2 Å². The number of pyridine rings is 1. The first-order valence-corrected chi connectivity index (χ1v) is 10.2. The normalized spacial score (nSPS) is 19.1. The van der Waals surface area contributed by atoms with E-state index in [1.54, 1.807) is 6.92 Å². The first-order valence-electron chi connectivity index (χ1n) is 9.35. The largest absolute Gasteiger partial charge is 0.491 e. The van der Waals surface area contributed by atoms with Gasteiger partial charge in [-0.1, -0.05) is 0 Å². The number of ether oxygens (including phenoxy) is 1. The molecule has 0 unspecified atom stereocenters. The highest BCUT2D eigenvalue weighted by Gasteiger charge is 2.60. The lowest BCUT2D eigenvalue weighted by atomic mass is 10.1. The number of amides is 3. The zero-order valence-electron chi connectivity index (χ0n) is 17.4. The van der Waals surface area contributed by atoms with Crippen LogP contribution in [0.5, 0.6) is 0 Å². The maximum absolute atomic E-state index is 13.2. The van der Waals surface area contributed by atoms with Crippen molar-refractivity contribution in [1.29, 1.82) is 0 Å². The van der Waals surface area contributed by atoms with E-state index < -0.39 is 53.6 Å². The lowest BCUT2D eigenvalue weighted by Crippen LogP contribution is -2.52. The molecule has 1 aliphatic rings. The van der Waals surface area contributed by atoms with Crippen molar-refractivity contribution < 1.29 is 45.5 Å². The Kier molecular flexibility index (Phi) is 6.57. The molecular weight excluding hydrogens is 492 g/mol. The van der Waals surface area contributed by atoms with Gasteiger partial charge >= 0.3 is 29.6 Å². The van der Waals surface area contributed by atoms with E-state index in [1.807, 2.05) is 0 Å². The molecule has 3 rings (SSSR count). The Morgan fingerprint density at radius 2 is 1.71 bits per heavy atom. The van der Waals surface area contributed by atoms with E-state index in [4.69, 9.17) is 0 Å². The molecule has 7 nitrogen and oxygen atoms in total. The molecule has 1 aliphatic heterocycles. The van der Waals surface area contributed by atoms with E-state index in [0.717, 1.165) is 31.2 Å². The van der Waals surface area contributed by atoms with Crippen LogP contribution in [0.25, 0.3) is 0 Å². The number of benzene rings is 1. The summed E-state index contributed by atoms with van der Waals surface area (Å²) in [4.78, 5) is 42.6. The Morgan fingerprint density at radius 3 is 2.24 bits per heavy atom. The summed E-state index contributed by atoms with van der Waals surface area (Å²) in [6, 6.07) is 4.36. The van der Waals surface area contributed by atoms with Crippen LogP contribution < -0.4 is 4.90 Å². The van der Waals surface area contributed by atoms with Crippen molar-refractivity contribution in [1.82, 2.24) is 9.88 Å². The number of thioether (sulfide) groups is 1. The molecule has 14 heteroatoms. The predicted octanol–water partition coefficient (Wildman–Crippen LogP) is 4.79. The maximum Gasteiger partial charge on any atom is 0.491 e. The van der Waals surface area contributed by atoms with Crippen LogP contribution in [0, 0.1) is 6.92 Å². The highest BCUT2D eigenvalue weighted by atomic mass is 32.2. The molecule has 1 fully saturated rings. The Labute approximate surface area is 192 Å². The van der Waals surface area contributed by atoms with Gasteiger partial charge < -0.3 is 4.74 Å². The van der Waals surface area contributed by atoms with E-state index in [9.17, 15) is 40.7 Å². The second-order valence-corrected chi connectivity index (χ2v) is 8.36. The fourth-order valence-corrected chi connectivity index (χ4v) is 3.68. The molecule has 2 heterocycles. The molecule has 1 atom stereocenters. The van der Waals surface area contributed by atoms with Crippen molar-refractivity contribution in [3.63, 3.8) is 0 Å². The Hall–Kier alpha value is -3.29. The minimum absolute atomic E-state index is 0.218. The SMILES string of the molecule is Cc1cnccc1CN1C(=O)N(c2ccc(SC(F)(F)F)cc2)C(=O)[C@]1(C)OC(=O)C(F)(F)F. The maximum atomic E-state index is 13.2. The summed E-state index contributed by atoms with van der Waals surface area (Å²) in [5.74, 6) is -4.01. The topological polar surface area (TPSA) is 79.8 Å². The first kappa shape index (κ1) is 25.3. The number of halogens is 6. The average Bonchev–Trinajstić information content (AvgIpc) is 2.89. The van der Waals surface area contributed by atoms with Crippen LogP contribution in [0.3, 0.4) is 0 Å². The summed E-state index contributed by atoms with van der Waals surface area (Å²) < 4.78 is 80.9. The van der Waals surface area contributed by atoms with Crippen molar-refractivity contribution >= 4 is 35.4 Å². The molecule has 34 heavy (non-hydrogen) atoms. The molecule has 0 aliphatic carbocycles. The van der Waals surface area contributed by atoms with Gasteiger partial charge in [-0.3, -0.25) is 14.7 Å². The quantitative estimate of drug-likeness (QED) is 0.251. The van der Waals surface area contributed by atoms with Crippen molar-refractivity contribution in [2.75, 3.05) is 4.90 Å².